The largest absolute Gasteiger partial charge is 0.495 e. The Kier molecular flexibility index (Phi) is 4.17. The van der Waals surface area contributed by atoms with Crippen LogP contribution in [0.25, 0.3) is 0 Å². The average Bonchev–Trinajstić information content (AvgIpc) is 2.23. The number of hydrogen-bond acceptors (Lipinski definition) is 2. The first-order valence-corrected chi connectivity index (χ1v) is 5.76. The maximum Gasteiger partial charge on any atom is 0.136 e. The summed E-state index contributed by atoms with van der Waals surface area (Å²) in [4.78, 5) is 0. The van der Waals surface area contributed by atoms with Crippen molar-refractivity contribution in [2.24, 2.45) is 0 Å². The number of ether oxygens (including phenoxy) is 1. The van der Waals surface area contributed by atoms with E-state index in [-0.39, 0.29) is 6.61 Å². The first-order valence-electron chi connectivity index (χ1n) is 4.97. The van der Waals surface area contributed by atoms with E-state index in [2.05, 4.69) is 22.9 Å². The van der Waals surface area contributed by atoms with E-state index >= 15 is 0 Å². The summed E-state index contributed by atoms with van der Waals surface area (Å²) in [5, 5.41) is 9.03. The summed E-state index contributed by atoms with van der Waals surface area (Å²) in [7, 11) is 1.68. The Morgan fingerprint density at radius 2 is 1.73 bits per heavy atom. The van der Waals surface area contributed by atoms with Gasteiger partial charge in [-0.25, -0.2) is 0 Å². The second kappa shape index (κ2) is 4.99. The highest BCUT2D eigenvalue weighted by Crippen LogP contribution is 2.36. The minimum Gasteiger partial charge on any atom is -0.495 e. The van der Waals surface area contributed by atoms with Crippen molar-refractivity contribution in [1.29, 1.82) is 0 Å². The molecule has 2 nitrogen and oxygen atoms in total. The molecule has 1 aromatic carbocycles. The van der Waals surface area contributed by atoms with E-state index in [1.54, 1.807) is 7.11 Å². The molecule has 1 N–H and O–H groups in total. The van der Waals surface area contributed by atoms with E-state index in [0.717, 1.165) is 21.3 Å². The van der Waals surface area contributed by atoms with Gasteiger partial charge in [-0.1, -0.05) is 0 Å². The Labute approximate surface area is 99.4 Å². The summed E-state index contributed by atoms with van der Waals surface area (Å²) < 4.78 is 6.36. The molecule has 0 aliphatic rings. The number of rotatable bonds is 3. The molecule has 1 aromatic rings. The molecule has 1 rings (SSSR count). The van der Waals surface area contributed by atoms with Crippen molar-refractivity contribution in [3.63, 3.8) is 0 Å². The lowest BCUT2D eigenvalue weighted by molar-refractivity contribution is 0.299. The summed E-state index contributed by atoms with van der Waals surface area (Å²) in [6, 6.07) is 0. The molecule has 0 aliphatic heterocycles. The van der Waals surface area contributed by atoms with E-state index in [0.29, 0.717) is 6.42 Å². The van der Waals surface area contributed by atoms with E-state index in [1.807, 2.05) is 13.8 Å². The van der Waals surface area contributed by atoms with Gasteiger partial charge in [0.25, 0.3) is 0 Å². The molecule has 0 radical (unpaired) electrons. The molecule has 0 spiro atoms. The predicted molar refractivity (Wildman–Crippen MR) is 65.7 cm³/mol. The molecule has 0 saturated heterocycles. The molecular formula is C12H17BrO2. The first-order chi connectivity index (χ1) is 7.04. The Morgan fingerprint density at radius 1 is 1.13 bits per heavy atom. The van der Waals surface area contributed by atoms with Crippen LogP contribution in [0.2, 0.25) is 0 Å². The van der Waals surface area contributed by atoms with E-state index in [9.17, 15) is 0 Å². The van der Waals surface area contributed by atoms with Crippen LogP contribution >= 0.6 is 15.9 Å². The molecule has 0 saturated carbocycles. The van der Waals surface area contributed by atoms with Crippen molar-refractivity contribution in [1.82, 2.24) is 0 Å². The molecule has 3 heteroatoms. The molecule has 0 aromatic heterocycles. The highest BCUT2D eigenvalue weighted by atomic mass is 79.9. The van der Waals surface area contributed by atoms with Gasteiger partial charge in [-0.2, -0.15) is 0 Å². The number of aliphatic hydroxyl groups is 1. The van der Waals surface area contributed by atoms with Crippen LogP contribution in [0.15, 0.2) is 4.47 Å². The SMILES string of the molecule is COc1c(C)c(C)c(CCO)c(C)c1Br. The van der Waals surface area contributed by atoms with Crippen molar-refractivity contribution in [2.75, 3.05) is 13.7 Å². The van der Waals surface area contributed by atoms with Gasteiger partial charge in [0, 0.05) is 6.61 Å². The Balaban J connectivity index is 3.44. The lowest BCUT2D eigenvalue weighted by Gasteiger charge is -2.17. The number of methoxy groups -OCH3 is 1. The molecule has 0 amide bonds. The average molecular weight is 273 g/mol. The second-order valence-corrected chi connectivity index (χ2v) is 4.47. The van der Waals surface area contributed by atoms with Gasteiger partial charge in [0.15, 0.2) is 0 Å². The van der Waals surface area contributed by atoms with E-state index < -0.39 is 0 Å². The van der Waals surface area contributed by atoms with Gasteiger partial charge in [0.1, 0.15) is 5.75 Å². The van der Waals surface area contributed by atoms with E-state index in [4.69, 9.17) is 9.84 Å². The van der Waals surface area contributed by atoms with Crippen LogP contribution in [-0.2, 0) is 6.42 Å². The van der Waals surface area contributed by atoms with Crippen molar-refractivity contribution in [3.8, 4) is 5.75 Å². The fraction of sp³-hybridized carbons (Fsp3) is 0.500. The summed E-state index contributed by atoms with van der Waals surface area (Å²) in [6.07, 6.45) is 0.696. The molecular weight excluding hydrogens is 256 g/mol. The minimum atomic E-state index is 0.180. The number of halogens is 1. The molecule has 84 valence electrons. The lowest BCUT2D eigenvalue weighted by atomic mass is 9.95. The van der Waals surface area contributed by atoms with Crippen molar-refractivity contribution < 1.29 is 9.84 Å². The van der Waals surface area contributed by atoms with Crippen molar-refractivity contribution >= 4 is 15.9 Å². The highest BCUT2D eigenvalue weighted by molar-refractivity contribution is 9.10. The fourth-order valence-electron chi connectivity index (χ4n) is 1.87. The van der Waals surface area contributed by atoms with E-state index in [1.165, 1.54) is 11.1 Å². The smallest absolute Gasteiger partial charge is 0.136 e. The summed E-state index contributed by atoms with van der Waals surface area (Å²) in [5.74, 6) is 0.895. The van der Waals surface area contributed by atoms with Gasteiger partial charge in [-0.15, -0.1) is 0 Å². The van der Waals surface area contributed by atoms with Gasteiger partial charge in [0.2, 0.25) is 0 Å². The number of hydrogen-bond donors (Lipinski definition) is 1. The summed E-state index contributed by atoms with van der Waals surface area (Å²) in [6.45, 7) is 6.34. The van der Waals surface area contributed by atoms with Gasteiger partial charge >= 0.3 is 0 Å². The van der Waals surface area contributed by atoms with Crippen LogP contribution in [0.5, 0.6) is 5.75 Å². The summed E-state index contributed by atoms with van der Waals surface area (Å²) >= 11 is 3.54. The van der Waals surface area contributed by atoms with Crippen LogP contribution in [0, 0.1) is 20.8 Å². The minimum absolute atomic E-state index is 0.180. The molecule has 0 atom stereocenters. The lowest BCUT2D eigenvalue weighted by Crippen LogP contribution is -2.03. The van der Waals surface area contributed by atoms with Gasteiger partial charge in [-0.05, 0) is 65.4 Å². The molecule has 0 fully saturated rings. The highest BCUT2D eigenvalue weighted by Gasteiger charge is 2.15. The van der Waals surface area contributed by atoms with Crippen molar-refractivity contribution in [3.05, 3.63) is 26.7 Å². The van der Waals surface area contributed by atoms with Crippen LogP contribution in [0.3, 0.4) is 0 Å². The standard InChI is InChI=1S/C12H17BrO2/c1-7-8(2)12(15-4)11(13)9(3)10(7)5-6-14/h14H,5-6H2,1-4H3. The van der Waals surface area contributed by atoms with Crippen LogP contribution in [0.1, 0.15) is 22.3 Å². The van der Waals surface area contributed by atoms with Gasteiger partial charge in [0.05, 0.1) is 11.6 Å². The quantitative estimate of drug-likeness (QED) is 0.917. The maximum absolute atomic E-state index is 9.03. The van der Waals surface area contributed by atoms with Crippen LogP contribution in [0.4, 0.5) is 0 Å². The number of benzene rings is 1. The third kappa shape index (κ3) is 2.18. The number of aliphatic hydroxyl groups excluding tert-OH is 1. The summed E-state index contributed by atoms with van der Waals surface area (Å²) in [5.41, 5.74) is 4.71. The van der Waals surface area contributed by atoms with Crippen molar-refractivity contribution in [2.45, 2.75) is 27.2 Å². The Hall–Kier alpha value is -0.540. The zero-order chi connectivity index (χ0) is 11.6. The third-order valence-electron chi connectivity index (χ3n) is 2.90. The van der Waals surface area contributed by atoms with Crippen LogP contribution < -0.4 is 4.74 Å². The maximum atomic E-state index is 9.03. The Morgan fingerprint density at radius 3 is 2.20 bits per heavy atom. The normalized spacial score (nSPS) is 10.5. The molecule has 15 heavy (non-hydrogen) atoms. The first kappa shape index (κ1) is 12.5. The second-order valence-electron chi connectivity index (χ2n) is 3.67. The van der Waals surface area contributed by atoms with Gasteiger partial charge in [-0.3, -0.25) is 0 Å². The molecule has 0 heterocycles. The predicted octanol–water partition coefficient (Wildman–Crippen LogP) is 2.92. The zero-order valence-electron chi connectivity index (χ0n) is 9.65. The third-order valence-corrected chi connectivity index (χ3v) is 3.86. The fourth-order valence-corrected chi connectivity index (χ4v) is 2.57. The van der Waals surface area contributed by atoms with Gasteiger partial charge < -0.3 is 9.84 Å². The zero-order valence-corrected chi connectivity index (χ0v) is 11.2. The Bertz CT molecular complexity index is 343. The molecule has 0 bridgehead atoms. The topological polar surface area (TPSA) is 29.5 Å². The molecule has 0 unspecified atom stereocenters. The monoisotopic (exact) mass is 272 g/mol. The molecule has 0 aliphatic carbocycles. The van der Waals surface area contributed by atoms with Crippen LogP contribution in [-0.4, -0.2) is 18.8 Å².